The van der Waals surface area contributed by atoms with E-state index in [-0.39, 0.29) is 18.7 Å². The quantitative estimate of drug-likeness (QED) is 0.819. The SMILES string of the molecule is CCc1csc(CC(=O)N[C@H](Cc2ccccc2)C(=O)O)n1. The van der Waals surface area contributed by atoms with Gasteiger partial charge in [-0.2, -0.15) is 0 Å². The number of nitrogens with zero attached hydrogens (tertiary/aromatic N) is 1. The van der Waals surface area contributed by atoms with Crippen LogP contribution in [0, 0.1) is 0 Å². The molecule has 22 heavy (non-hydrogen) atoms. The van der Waals surface area contributed by atoms with Gasteiger partial charge in [0.2, 0.25) is 5.91 Å². The predicted molar refractivity (Wildman–Crippen MR) is 84.9 cm³/mol. The molecule has 0 aliphatic rings. The van der Waals surface area contributed by atoms with E-state index in [1.54, 1.807) is 0 Å². The summed E-state index contributed by atoms with van der Waals surface area (Å²) in [5.41, 5.74) is 1.82. The average molecular weight is 318 g/mol. The van der Waals surface area contributed by atoms with Gasteiger partial charge in [0.1, 0.15) is 11.0 Å². The molecule has 0 aliphatic carbocycles. The number of thiazole rings is 1. The molecule has 2 rings (SSSR count). The van der Waals surface area contributed by atoms with Crippen molar-refractivity contribution in [3.63, 3.8) is 0 Å². The Morgan fingerprint density at radius 1 is 1.32 bits per heavy atom. The number of carboxylic acid groups (broad SMARTS) is 1. The van der Waals surface area contributed by atoms with Gasteiger partial charge >= 0.3 is 5.97 Å². The molecule has 6 heteroatoms. The van der Waals surface area contributed by atoms with Gasteiger partial charge in [0.25, 0.3) is 0 Å². The molecular weight excluding hydrogens is 300 g/mol. The molecule has 116 valence electrons. The van der Waals surface area contributed by atoms with Crippen LogP contribution < -0.4 is 5.32 Å². The summed E-state index contributed by atoms with van der Waals surface area (Å²) in [6.07, 6.45) is 1.20. The van der Waals surface area contributed by atoms with Gasteiger partial charge < -0.3 is 10.4 Å². The summed E-state index contributed by atoms with van der Waals surface area (Å²) in [4.78, 5) is 27.6. The Bertz CT molecular complexity index is 640. The number of aryl methyl sites for hydroxylation is 1. The monoisotopic (exact) mass is 318 g/mol. The fraction of sp³-hybridized carbons (Fsp3) is 0.312. The lowest BCUT2D eigenvalue weighted by atomic mass is 10.1. The number of carboxylic acids is 1. The number of hydrogen-bond acceptors (Lipinski definition) is 4. The van der Waals surface area contributed by atoms with Crippen molar-refractivity contribution >= 4 is 23.2 Å². The third-order valence-corrected chi connectivity index (χ3v) is 4.09. The molecule has 2 N–H and O–H groups in total. The van der Waals surface area contributed by atoms with Crippen molar-refractivity contribution in [3.8, 4) is 0 Å². The lowest BCUT2D eigenvalue weighted by molar-refractivity contribution is -0.141. The van der Waals surface area contributed by atoms with E-state index in [4.69, 9.17) is 0 Å². The average Bonchev–Trinajstić information content (AvgIpc) is 2.95. The molecule has 0 radical (unpaired) electrons. The number of carbonyl (C=O) groups is 2. The highest BCUT2D eigenvalue weighted by Crippen LogP contribution is 2.11. The van der Waals surface area contributed by atoms with Crippen LogP contribution in [0.4, 0.5) is 0 Å². The Morgan fingerprint density at radius 3 is 2.64 bits per heavy atom. The van der Waals surface area contributed by atoms with Crippen molar-refractivity contribution in [1.82, 2.24) is 10.3 Å². The van der Waals surface area contributed by atoms with Crippen molar-refractivity contribution in [2.45, 2.75) is 32.2 Å². The van der Waals surface area contributed by atoms with Crippen LogP contribution in [0.1, 0.15) is 23.2 Å². The summed E-state index contributed by atoms with van der Waals surface area (Å²) in [5.74, 6) is -1.36. The number of nitrogens with one attached hydrogen (secondary N) is 1. The minimum absolute atomic E-state index is 0.114. The van der Waals surface area contributed by atoms with Crippen LogP contribution in [0.5, 0.6) is 0 Å². The molecule has 0 unspecified atom stereocenters. The van der Waals surface area contributed by atoms with Gasteiger partial charge in [-0.05, 0) is 12.0 Å². The molecule has 5 nitrogen and oxygen atoms in total. The zero-order valence-electron chi connectivity index (χ0n) is 12.3. The number of aromatic nitrogens is 1. The van der Waals surface area contributed by atoms with Crippen molar-refractivity contribution in [1.29, 1.82) is 0 Å². The summed E-state index contributed by atoms with van der Waals surface area (Å²) in [5, 5.41) is 14.5. The van der Waals surface area contributed by atoms with Gasteiger partial charge in [0.15, 0.2) is 0 Å². The second kappa shape index (κ2) is 7.70. The summed E-state index contributed by atoms with van der Waals surface area (Å²) in [7, 11) is 0. The molecule has 1 heterocycles. The second-order valence-corrected chi connectivity index (χ2v) is 5.85. The molecule has 1 aromatic heterocycles. The minimum Gasteiger partial charge on any atom is -0.480 e. The van der Waals surface area contributed by atoms with Crippen molar-refractivity contribution in [3.05, 3.63) is 52.0 Å². The third kappa shape index (κ3) is 4.66. The number of aliphatic carboxylic acids is 1. The molecule has 2 aromatic rings. The molecular formula is C16H18N2O3S. The summed E-state index contributed by atoms with van der Waals surface area (Å²) < 4.78 is 0. The highest BCUT2D eigenvalue weighted by atomic mass is 32.1. The lowest BCUT2D eigenvalue weighted by Gasteiger charge is -2.14. The van der Waals surface area contributed by atoms with E-state index in [2.05, 4.69) is 10.3 Å². The van der Waals surface area contributed by atoms with Gasteiger partial charge in [-0.15, -0.1) is 11.3 Å². The standard InChI is InChI=1S/C16H18N2O3S/c1-2-12-10-22-15(17-12)9-14(19)18-13(16(20)21)8-11-6-4-3-5-7-11/h3-7,10,13H,2,8-9H2,1H3,(H,18,19)(H,20,21)/t13-/m1/s1. The smallest absolute Gasteiger partial charge is 0.326 e. The first-order valence-corrected chi connectivity index (χ1v) is 7.95. The summed E-state index contributed by atoms with van der Waals surface area (Å²) >= 11 is 1.42. The maximum atomic E-state index is 12.0. The number of benzene rings is 1. The Balaban J connectivity index is 1.95. The predicted octanol–water partition coefficient (Wildman–Crippen LogP) is 2.06. The maximum Gasteiger partial charge on any atom is 0.326 e. The highest BCUT2D eigenvalue weighted by molar-refractivity contribution is 7.09. The Labute approximate surface area is 133 Å². The van der Waals surface area contributed by atoms with Crippen LogP contribution in [-0.2, 0) is 28.9 Å². The fourth-order valence-electron chi connectivity index (χ4n) is 2.03. The Hall–Kier alpha value is -2.21. The summed E-state index contributed by atoms with van der Waals surface area (Å²) in [6.45, 7) is 2.00. The number of carbonyl (C=O) groups excluding carboxylic acids is 1. The number of amides is 1. The van der Waals surface area contributed by atoms with Crippen LogP contribution in [0.15, 0.2) is 35.7 Å². The lowest BCUT2D eigenvalue weighted by Crippen LogP contribution is -2.43. The van der Waals surface area contributed by atoms with Crippen LogP contribution in [0.2, 0.25) is 0 Å². The van der Waals surface area contributed by atoms with Crippen molar-refractivity contribution in [2.75, 3.05) is 0 Å². The van der Waals surface area contributed by atoms with Crippen LogP contribution in [-0.4, -0.2) is 28.0 Å². The van der Waals surface area contributed by atoms with Crippen LogP contribution >= 0.6 is 11.3 Å². The van der Waals surface area contributed by atoms with Gasteiger partial charge in [-0.1, -0.05) is 37.3 Å². The van der Waals surface area contributed by atoms with Crippen LogP contribution in [0.25, 0.3) is 0 Å². The fourth-order valence-corrected chi connectivity index (χ4v) is 2.90. The molecule has 1 atom stereocenters. The largest absolute Gasteiger partial charge is 0.480 e. The van der Waals surface area contributed by atoms with E-state index < -0.39 is 12.0 Å². The number of rotatable bonds is 7. The Kier molecular flexibility index (Phi) is 5.66. The first-order chi connectivity index (χ1) is 10.6. The topological polar surface area (TPSA) is 79.3 Å². The van der Waals surface area contributed by atoms with Gasteiger partial charge in [-0.3, -0.25) is 4.79 Å². The van der Waals surface area contributed by atoms with E-state index in [0.717, 1.165) is 17.7 Å². The molecule has 1 aromatic carbocycles. The molecule has 0 bridgehead atoms. The van der Waals surface area contributed by atoms with E-state index in [1.807, 2.05) is 42.6 Å². The Morgan fingerprint density at radius 2 is 2.05 bits per heavy atom. The number of hydrogen-bond donors (Lipinski definition) is 2. The van der Waals surface area contributed by atoms with Crippen molar-refractivity contribution in [2.24, 2.45) is 0 Å². The van der Waals surface area contributed by atoms with Crippen LogP contribution in [0.3, 0.4) is 0 Å². The highest BCUT2D eigenvalue weighted by Gasteiger charge is 2.21. The minimum atomic E-state index is -1.04. The normalized spacial score (nSPS) is 11.9. The third-order valence-electron chi connectivity index (χ3n) is 3.19. The van der Waals surface area contributed by atoms with E-state index in [1.165, 1.54) is 11.3 Å². The van der Waals surface area contributed by atoms with Gasteiger partial charge in [0.05, 0.1) is 12.1 Å². The van der Waals surface area contributed by atoms with E-state index >= 15 is 0 Å². The summed E-state index contributed by atoms with van der Waals surface area (Å²) in [6, 6.07) is 8.31. The van der Waals surface area contributed by atoms with E-state index in [0.29, 0.717) is 5.01 Å². The molecule has 0 fully saturated rings. The van der Waals surface area contributed by atoms with E-state index in [9.17, 15) is 14.7 Å². The molecule has 0 aliphatic heterocycles. The van der Waals surface area contributed by atoms with Gasteiger partial charge in [-0.25, -0.2) is 9.78 Å². The van der Waals surface area contributed by atoms with Crippen molar-refractivity contribution < 1.29 is 14.7 Å². The maximum absolute atomic E-state index is 12.0. The van der Waals surface area contributed by atoms with Gasteiger partial charge in [0, 0.05) is 11.8 Å². The second-order valence-electron chi connectivity index (χ2n) is 4.91. The first-order valence-electron chi connectivity index (χ1n) is 7.08. The molecule has 1 amide bonds. The zero-order chi connectivity index (χ0) is 15.9. The first kappa shape index (κ1) is 16.2. The molecule has 0 saturated carbocycles. The molecule has 0 saturated heterocycles. The zero-order valence-corrected chi connectivity index (χ0v) is 13.1. The molecule has 0 spiro atoms.